The third-order valence-electron chi connectivity index (χ3n) is 5.52. The Labute approximate surface area is 133 Å². The SMILES string of the molecule is CCOC1CC(NC(=O)c2ccc3[nH]c(=O)[nH]c3c2)C12CCC2. The molecule has 2 aliphatic rings. The van der Waals surface area contributed by atoms with Gasteiger partial charge in [0.15, 0.2) is 0 Å². The first-order valence-electron chi connectivity index (χ1n) is 8.27. The predicted molar refractivity (Wildman–Crippen MR) is 86.5 cm³/mol. The van der Waals surface area contributed by atoms with E-state index in [1.54, 1.807) is 18.2 Å². The molecule has 3 N–H and O–H groups in total. The zero-order valence-corrected chi connectivity index (χ0v) is 13.1. The van der Waals surface area contributed by atoms with Crippen LogP contribution in [-0.2, 0) is 4.74 Å². The number of amides is 1. The molecule has 23 heavy (non-hydrogen) atoms. The summed E-state index contributed by atoms with van der Waals surface area (Å²) in [6.07, 6.45) is 4.66. The summed E-state index contributed by atoms with van der Waals surface area (Å²) in [6, 6.07) is 5.41. The van der Waals surface area contributed by atoms with Crippen LogP contribution in [0.15, 0.2) is 23.0 Å². The molecule has 2 atom stereocenters. The summed E-state index contributed by atoms with van der Waals surface area (Å²) < 4.78 is 5.82. The largest absolute Gasteiger partial charge is 0.378 e. The van der Waals surface area contributed by atoms with Gasteiger partial charge in [0.2, 0.25) is 0 Å². The van der Waals surface area contributed by atoms with Gasteiger partial charge in [0.25, 0.3) is 5.91 Å². The molecular formula is C17H21N3O3. The van der Waals surface area contributed by atoms with Crippen molar-refractivity contribution in [2.24, 2.45) is 5.41 Å². The monoisotopic (exact) mass is 315 g/mol. The first-order valence-corrected chi connectivity index (χ1v) is 8.27. The normalized spacial score (nSPS) is 25.1. The maximum absolute atomic E-state index is 12.5. The first-order chi connectivity index (χ1) is 11.1. The molecule has 122 valence electrons. The molecule has 1 spiro atoms. The van der Waals surface area contributed by atoms with Gasteiger partial charge in [0.1, 0.15) is 0 Å². The van der Waals surface area contributed by atoms with Crippen molar-refractivity contribution < 1.29 is 9.53 Å². The second-order valence-electron chi connectivity index (χ2n) is 6.63. The van der Waals surface area contributed by atoms with E-state index in [4.69, 9.17) is 4.74 Å². The third kappa shape index (κ3) is 2.20. The highest BCUT2D eigenvalue weighted by atomic mass is 16.5. The Hall–Kier alpha value is -2.08. The van der Waals surface area contributed by atoms with Crippen molar-refractivity contribution in [3.05, 3.63) is 34.2 Å². The Morgan fingerprint density at radius 1 is 1.35 bits per heavy atom. The highest BCUT2D eigenvalue weighted by Crippen LogP contribution is 2.57. The van der Waals surface area contributed by atoms with Gasteiger partial charge >= 0.3 is 5.69 Å². The van der Waals surface area contributed by atoms with Crippen LogP contribution in [0.25, 0.3) is 11.0 Å². The van der Waals surface area contributed by atoms with Crippen molar-refractivity contribution in [1.29, 1.82) is 0 Å². The zero-order chi connectivity index (χ0) is 16.0. The van der Waals surface area contributed by atoms with Gasteiger partial charge in [0.05, 0.1) is 17.1 Å². The van der Waals surface area contributed by atoms with Crippen LogP contribution in [0.3, 0.4) is 0 Å². The minimum atomic E-state index is -0.260. The summed E-state index contributed by atoms with van der Waals surface area (Å²) >= 11 is 0. The lowest BCUT2D eigenvalue weighted by Gasteiger charge is -2.61. The molecule has 6 heteroatoms. The van der Waals surface area contributed by atoms with Gasteiger partial charge in [-0.15, -0.1) is 0 Å². The molecule has 0 saturated heterocycles. The van der Waals surface area contributed by atoms with Gasteiger partial charge < -0.3 is 20.0 Å². The van der Waals surface area contributed by atoms with E-state index in [0.29, 0.717) is 16.6 Å². The van der Waals surface area contributed by atoms with Crippen LogP contribution in [0.4, 0.5) is 0 Å². The van der Waals surface area contributed by atoms with Crippen molar-refractivity contribution in [2.75, 3.05) is 6.61 Å². The molecule has 4 rings (SSSR count). The molecular weight excluding hydrogens is 294 g/mol. The van der Waals surface area contributed by atoms with Gasteiger partial charge in [-0.05, 0) is 44.4 Å². The van der Waals surface area contributed by atoms with Crippen LogP contribution >= 0.6 is 0 Å². The molecule has 1 amide bonds. The second kappa shape index (κ2) is 5.23. The number of carbonyl (C=O) groups is 1. The van der Waals surface area contributed by atoms with E-state index in [9.17, 15) is 9.59 Å². The van der Waals surface area contributed by atoms with Crippen molar-refractivity contribution in [2.45, 2.75) is 44.8 Å². The van der Waals surface area contributed by atoms with E-state index in [2.05, 4.69) is 15.3 Å². The van der Waals surface area contributed by atoms with E-state index < -0.39 is 0 Å². The summed E-state index contributed by atoms with van der Waals surface area (Å²) in [5.41, 5.74) is 1.83. The maximum Gasteiger partial charge on any atom is 0.323 e. The molecule has 2 unspecified atom stereocenters. The maximum atomic E-state index is 12.5. The number of H-pyrrole nitrogens is 2. The fraction of sp³-hybridized carbons (Fsp3) is 0.529. The predicted octanol–water partition coefficient (Wildman–Crippen LogP) is 1.93. The minimum absolute atomic E-state index is 0.0832. The average Bonchev–Trinajstić information content (AvgIpc) is 2.83. The number of hydrogen-bond donors (Lipinski definition) is 3. The van der Waals surface area contributed by atoms with E-state index in [-0.39, 0.29) is 29.2 Å². The van der Waals surface area contributed by atoms with Crippen LogP contribution in [0.1, 0.15) is 43.0 Å². The van der Waals surface area contributed by atoms with Gasteiger partial charge in [-0.3, -0.25) is 4.79 Å². The number of nitrogens with one attached hydrogen (secondary N) is 3. The second-order valence-corrected chi connectivity index (χ2v) is 6.63. The molecule has 0 bridgehead atoms. The molecule has 0 aliphatic heterocycles. The van der Waals surface area contributed by atoms with Gasteiger partial charge in [-0.25, -0.2) is 4.79 Å². The number of aromatic amines is 2. The molecule has 1 aromatic carbocycles. The molecule has 2 aliphatic carbocycles. The lowest BCUT2D eigenvalue weighted by atomic mass is 9.51. The zero-order valence-electron chi connectivity index (χ0n) is 13.1. The van der Waals surface area contributed by atoms with E-state index in [1.807, 2.05) is 6.92 Å². The van der Waals surface area contributed by atoms with Crippen LogP contribution in [0, 0.1) is 5.41 Å². The topological polar surface area (TPSA) is 87.0 Å². The lowest BCUT2D eigenvalue weighted by Crippen LogP contribution is -2.67. The van der Waals surface area contributed by atoms with Crippen LogP contribution in [0.5, 0.6) is 0 Å². The standard InChI is InChI=1S/C17H21N3O3/c1-2-23-14-9-13(17(14)6-3-7-17)20-15(21)10-4-5-11-12(8-10)19-16(22)18-11/h4-5,8,13-14H,2-3,6-7,9H2,1H3,(H,20,21)(H2,18,19,22). The molecule has 2 saturated carbocycles. The number of hydrogen-bond acceptors (Lipinski definition) is 3. The van der Waals surface area contributed by atoms with E-state index in [0.717, 1.165) is 25.9 Å². The molecule has 0 radical (unpaired) electrons. The minimum Gasteiger partial charge on any atom is -0.378 e. The van der Waals surface area contributed by atoms with Crippen LogP contribution in [0.2, 0.25) is 0 Å². The lowest BCUT2D eigenvalue weighted by molar-refractivity contribution is -0.169. The van der Waals surface area contributed by atoms with Crippen molar-refractivity contribution >= 4 is 16.9 Å². The highest BCUT2D eigenvalue weighted by Gasteiger charge is 2.59. The fourth-order valence-corrected chi connectivity index (χ4v) is 4.06. The quantitative estimate of drug-likeness (QED) is 0.806. The van der Waals surface area contributed by atoms with Gasteiger partial charge in [0, 0.05) is 23.6 Å². The molecule has 2 fully saturated rings. The third-order valence-corrected chi connectivity index (χ3v) is 5.52. The van der Waals surface area contributed by atoms with Crippen molar-refractivity contribution in [3.8, 4) is 0 Å². The molecule has 6 nitrogen and oxygen atoms in total. The van der Waals surface area contributed by atoms with Crippen molar-refractivity contribution in [1.82, 2.24) is 15.3 Å². The Kier molecular flexibility index (Phi) is 3.30. The summed E-state index contributed by atoms with van der Waals surface area (Å²) in [7, 11) is 0. The van der Waals surface area contributed by atoms with E-state index >= 15 is 0 Å². The van der Waals surface area contributed by atoms with Crippen LogP contribution < -0.4 is 11.0 Å². The first kappa shape index (κ1) is 14.5. The molecule has 1 heterocycles. The summed E-state index contributed by atoms with van der Waals surface area (Å²) in [5.74, 6) is -0.0832. The Morgan fingerprint density at radius 2 is 2.13 bits per heavy atom. The molecule has 2 aromatic rings. The highest BCUT2D eigenvalue weighted by molar-refractivity contribution is 5.97. The fourth-order valence-electron chi connectivity index (χ4n) is 4.06. The number of aromatic nitrogens is 2. The van der Waals surface area contributed by atoms with Crippen LogP contribution in [-0.4, -0.2) is 34.6 Å². The Balaban J connectivity index is 1.50. The Bertz CT molecular complexity index is 803. The average molecular weight is 315 g/mol. The number of ether oxygens (including phenoxy) is 1. The van der Waals surface area contributed by atoms with Gasteiger partial charge in [-0.1, -0.05) is 6.42 Å². The molecule has 1 aromatic heterocycles. The number of benzene rings is 1. The number of carbonyl (C=O) groups excluding carboxylic acids is 1. The number of rotatable bonds is 4. The van der Waals surface area contributed by atoms with E-state index in [1.165, 1.54) is 6.42 Å². The number of imidazole rings is 1. The summed E-state index contributed by atoms with van der Waals surface area (Å²) in [5, 5.41) is 3.16. The van der Waals surface area contributed by atoms with Crippen molar-refractivity contribution in [3.63, 3.8) is 0 Å². The summed E-state index contributed by atoms with van der Waals surface area (Å²) in [6.45, 7) is 2.75. The smallest absolute Gasteiger partial charge is 0.323 e. The number of fused-ring (bicyclic) bond motifs is 1. The summed E-state index contributed by atoms with van der Waals surface area (Å²) in [4.78, 5) is 29.2. The Morgan fingerprint density at radius 3 is 2.83 bits per heavy atom. The van der Waals surface area contributed by atoms with Gasteiger partial charge in [-0.2, -0.15) is 0 Å².